The number of benzene rings is 1. The number of halogens is 1. The van der Waals surface area contributed by atoms with Crippen LogP contribution in [0, 0.1) is 5.82 Å². The topological polar surface area (TPSA) is 47.6 Å². The molecule has 3 nitrogen and oxygen atoms in total. The molecule has 0 fully saturated rings. The van der Waals surface area contributed by atoms with Crippen LogP contribution in [0.4, 0.5) is 4.39 Å². The van der Waals surface area contributed by atoms with Gasteiger partial charge in [0.15, 0.2) is 5.90 Å². The maximum atomic E-state index is 12.6. The van der Waals surface area contributed by atoms with Gasteiger partial charge in [0.1, 0.15) is 12.4 Å². The van der Waals surface area contributed by atoms with E-state index >= 15 is 0 Å². The summed E-state index contributed by atoms with van der Waals surface area (Å²) in [7, 11) is 0. The molecule has 0 saturated heterocycles. The zero-order valence-corrected chi connectivity index (χ0v) is 8.32. The minimum atomic E-state index is -0.229. The van der Waals surface area contributed by atoms with Crippen molar-refractivity contribution in [3.05, 3.63) is 35.6 Å². The summed E-state index contributed by atoms with van der Waals surface area (Å²) in [5, 5.41) is 0. The molecule has 1 aromatic rings. The van der Waals surface area contributed by atoms with E-state index in [2.05, 4.69) is 4.99 Å². The van der Waals surface area contributed by atoms with Crippen LogP contribution >= 0.6 is 0 Å². The van der Waals surface area contributed by atoms with E-state index in [1.165, 1.54) is 12.1 Å². The van der Waals surface area contributed by atoms with Crippen LogP contribution in [-0.4, -0.2) is 25.1 Å². The molecule has 2 rings (SSSR count). The SMILES string of the molecule is NCC1COC(Cc2ccc(F)cc2)=N1. The third-order valence-electron chi connectivity index (χ3n) is 2.31. The van der Waals surface area contributed by atoms with Crippen molar-refractivity contribution in [3.8, 4) is 0 Å². The molecule has 0 spiro atoms. The fraction of sp³-hybridized carbons (Fsp3) is 0.364. The van der Waals surface area contributed by atoms with E-state index in [-0.39, 0.29) is 11.9 Å². The van der Waals surface area contributed by atoms with Crippen molar-refractivity contribution in [2.75, 3.05) is 13.2 Å². The molecular formula is C11H13FN2O. The monoisotopic (exact) mass is 208 g/mol. The predicted molar refractivity (Wildman–Crippen MR) is 56.3 cm³/mol. The van der Waals surface area contributed by atoms with Crippen molar-refractivity contribution in [1.29, 1.82) is 0 Å². The number of hydrogen-bond acceptors (Lipinski definition) is 3. The average Bonchev–Trinajstić information content (AvgIpc) is 2.69. The number of aliphatic imine (C=N–C) groups is 1. The van der Waals surface area contributed by atoms with E-state index in [4.69, 9.17) is 10.5 Å². The van der Waals surface area contributed by atoms with Crippen LogP contribution in [0.1, 0.15) is 5.56 Å². The van der Waals surface area contributed by atoms with E-state index < -0.39 is 0 Å². The third-order valence-corrected chi connectivity index (χ3v) is 2.31. The fourth-order valence-electron chi connectivity index (χ4n) is 1.46. The van der Waals surface area contributed by atoms with Crippen LogP contribution in [-0.2, 0) is 11.2 Å². The summed E-state index contributed by atoms with van der Waals surface area (Å²) >= 11 is 0. The summed E-state index contributed by atoms with van der Waals surface area (Å²) in [6, 6.07) is 6.42. The molecule has 0 radical (unpaired) electrons. The first-order chi connectivity index (χ1) is 7.28. The van der Waals surface area contributed by atoms with Crippen molar-refractivity contribution in [1.82, 2.24) is 0 Å². The van der Waals surface area contributed by atoms with Crippen molar-refractivity contribution in [3.63, 3.8) is 0 Å². The van der Waals surface area contributed by atoms with Gasteiger partial charge in [0.25, 0.3) is 0 Å². The second-order valence-corrected chi connectivity index (χ2v) is 3.53. The number of nitrogens with zero attached hydrogens (tertiary/aromatic N) is 1. The molecule has 1 aliphatic rings. The van der Waals surface area contributed by atoms with Gasteiger partial charge < -0.3 is 10.5 Å². The van der Waals surface area contributed by atoms with Crippen LogP contribution in [0.15, 0.2) is 29.3 Å². The molecule has 1 aromatic carbocycles. The zero-order valence-electron chi connectivity index (χ0n) is 8.32. The Hall–Kier alpha value is -1.42. The molecule has 0 amide bonds. The first kappa shape index (κ1) is 10.1. The van der Waals surface area contributed by atoms with E-state index in [1.54, 1.807) is 12.1 Å². The number of hydrogen-bond donors (Lipinski definition) is 1. The summed E-state index contributed by atoms with van der Waals surface area (Å²) in [6.45, 7) is 1.07. The molecule has 0 bridgehead atoms. The summed E-state index contributed by atoms with van der Waals surface area (Å²) in [4.78, 5) is 4.30. The Bertz CT molecular complexity index is 361. The highest BCUT2D eigenvalue weighted by Gasteiger charge is 2.16. The standard InChI is InChI=1S/C11H13FN2O/c12-9-3-1-8(2-4-9)5-11-14-10(6-13)7-15-11/h1-4,10H,5-7,13H2. The fourth-order valence-corrected chi connectivity index (χ4v) is 1.46. The summed E-state index contributed by atoms with van der Waals surface area (Å²) in [6.07, 6.45) is 0.608. The lowest BCUT2D eigenvalue weighted by Gasteiger charge is -2.01. The highest BCUT2D eigenvalue weighted by Crippen LogP contribution is 2.10. The molecule has 0 aliphatic carbocycles. The van der Waals surface area contributed by atoms with Crippen LogP contribution < -0.4 is 5.73 Å². The minimum absolute atomic E-state index is 0.0837. The molecule has 80 valence electrons. The number of rotatable bonds is 3. The normalized spacial score (nSPS) is 19.9. The Kier molecular flexibility index (Phi) is 2.97. The molecule has 1 heterocycles. The van der Waals surface area contributed by atoms with Gasteiger partial charge in [0.05, 0.1) is 6.04 Å². The first-order valence-corrected chi connectivity index (χ1v) is 4.92. The zero-order chi connectivity index (χ0) is 10.7. The van der Waals surface area contributed by atoms with Crippen molar-refractivity contribution >= 4 is 5.90 Å². The Morgan fingerprint density at radius 3 is 2.73 bits per heavy atom. The molecule has 2 N–H and O–H groups in total. The highest BCUT2D eigenvalue weighted by molar-refractivity contribution is 5.80. The number of nitrogens with two attached hydrogens (primary N) is 1. The largest absolute Gasteiger partial charge is 0.478 e. The van der Waals surface area contributed by atoms with Gasteiger partial charge in [-0.1, -0.05) is 12.1 Å². The van der Waals surface area contributed by atoms with Crippen molar-refractivity contribution < 1.29 is 9.13 Å². The summed E-state index contributed by atoms with van der Waals surface area (Å²) in [5.74, 6) is 0.463. The molecule has 1 unspecified atom stereocenters. The van der Waals surface area contributed by atoms with E-state index in [0.717, 1.165) is 5.56 Å². The highest BCUT2D eigenvalue weighted by atomic mass is 19.1. The van der Waals surface area contributed by atoms with Crippen LogP contribution in [0.5, 0.6) is 0 Å². The van der Waals surface area contributed by atoms with E-state index in [9.17, 15) is 4.39 Å². The second-order valence-electron chi connectivity index (χ2n) is 3.53. The third kappa shape index (κ3) is 2.53. The van der Waals surface area contributed by atoms with Gasteiger partial charge in [-0.15, -0.1) is 0 Å². The lowest BCUT2D eigenvalue weighted by atomic mass is 10.1. The first-order valence-electron chi connectivity index (χ1n) is 4.92. The number of ether oxygens (including phenoxy) is 1. The molecule has 0 aromatic heterocycles. The maximum Gasteiger partial charge on any atom is 0.188 e. The van der Waals surface area contributed by atoms with Gasteiger partial charge in [0.2, 0.25) is 0 Å². The van der Waals surface area contributed by atoms with Crippen molar-refractivity contribution in [2.45, 2.75) is 12.5 Å². The second kappa shape index (κ2) is 4.40. The van der Waals surface area contributed by atoms with Crippen molar-refractivity contribution in [2.24, 2.45) is 10.7 Å². The molecule has 0 saturated carbocycles. The van der Waals surface area contributed by atoms with E-state index in [1.807, 2.05) is 0 Å². The quantitative estimate of drug-likeness (QED) is 0.809. The molecule has 15 heavy (non-hydrogen) atoms. The van der Waals surface area contributed by atoms with Gasteiger partial charge in [-0.2, -0.15) is 0 Å². The van der Waals surface area contributed by atoms with Gasteiger partial charge in [0, 0.05) is 13.0 Å². The Morgan fingerprint density at radius 1 is 1.40 bits per heavy atom. The summed E-state index contributed by atoms with van der Waals surface area (Å²) < 4.78 is 18.0. The Morgan fingerprint density at radius 2 is 2.13 bits per heavy atom. The molecule has 4 heteroatoms. The van der Waals surface area contributed by atoms with Gasteiger partial charge in [-0.05, 0) is 17.7 Å². The Balaban J connectivity index is 2.00. The maximum absolute atomic E-state index is 12.6. The predicted octanol–water partition coefficient (Wildman–Crippen LogP) is 1.12. The summed E-state index contributed by atoms with van der Waals surface area (Å²) in [5.41, 5.74) is 6.47. The molecular weight excluding hydrogens is 195 g/mol. The van der Waals surface area contributed by atoms with Gasteiger partial charge >= 0.3 is 0 Å². The minimum Gasteiger partial charge on any atom is -0.478 e. The van der Waals surface area contributed by atoms with Gasteiger partial charge in [-0.3, -0.25) is 0 Å². The van der Waals surface area contributed by atoms with Crippen LogP contribution in [0.2, 0.25) is 0 Å². The Labute approximate surface area is 87.8 Å². The lowest BCUT2D eigenvalue weighted by molar-refractivity contribution is 0.313. The van der Waals surface area contributed by atoms with Crippen LogP contribution in [0.25, 0.3) is 0 Å². The molecule has 1 aliphatic heterocycles. The van der Waals surface area contributed by atoms with Crippen LogP contribution in [0.3, 0.4) is 0 Å². The van der Waals surface area contributed by atoms with E-state index in [0.29, 0.717) is 25.5 Å². The molecule has 1 atom stereocenters. The smallest absolute Gasteiger partial charge is 0.188 e. The average molecular weight is 208 g/mol. The lowest BCUT2D eigenvalue weighted by Crippen LogP contribution is -2.18. The van der Waals surface area contributed by atoms with Gasteiger partial charge in [-0.25, -0.2) is 9.38 Å².